The Labute approximate surface area is 197 Å². The normalized spacial score (nSPS) is 11.1. The van der Waals surface area contributed by atoms with E-state index < -0.39 is 0 Å². The fourth-order valence-electron chi connectivity index (χ4n) is 3.99. The van der Waals surface area contributed by atoms with Gasteiger partial charge < -0.3 is 4.98 Å². The number of carbonyl (C=O) groups is 2. The molecule has 6 nitrogen and oxygen atoms in total. The Morgan fingerprint density at radius 3 is 2.33 bits per heavy atom. The van der Waals surface area contributed by atoms with E-state index >= 15 is 0 Å². The lowest BCUT2D eigenvalue weighted by molar-refractivity contribution is 0.101. The molecule has 0 amide bonds. The number of hydrogen-bond donors (Lipinski definition) is 1. The van der Waals surface area contributed by atoms with E-state index in [1.807, 2.05) is 54.8 Å². The van der Waals surface area contributed by atoms with Crippen molar-refractivity contribution in [1.82, 2.24) is 19.7 Å². The van der Waals surface area contributed by atoms with Crippen molar-refractivity contribution in [3.05, 3.63) is 82.2 Å². The summed E-state index contributed by atoms with van der Waals surface area (Å²) in [6.07, 6.45) is 0. The number of hydrogen-bond acceptors (Lipinski definition) is 5. The number of aromatic amines is 1. The van der Waals surface area contributed by atoms with Crippen LogP contribution in [0.4, 0.5) is 0 Å². The van der Waals surface area contributed by atoms with E-state index in [1.54, 1.807) is 0 Å². The summed E-state index contributed by atoms with van der Waals surface area (Å²) < 4.78 is 1.99. The van der Waals surface area contributed by atoms with Gasteiger partial charge in [-0.2, -0.15) is 0 Å². The molecular weight excluding hydrogens is 432 g/mol. The standard InChI is InChI=1S/C26H26N4O2S/c1-15-11-12-21(13-16(15)2)30-25(20-9-7-6-8-10-20)28-29-26(30)33-14-22(32)24-17(3)23(19(5)31)18(4)27-24/h6-13,27H,14H2,1-5H3. The molecule has 0 bridgehead atoms. The highest BCUT2D eigenvalue weighted by molar-refractivity contribution is 7.99. The predicted molar refractivity (Wildman–Crippen MR) is 132 cm³/mol. The van der Waals surface area contributed by atoms with Crippen LogP contribution in [0.15, 0.2) is 53.7 Å². The van der Waals surface area contributed by atoms with Crippen LogP contribution in [0.2, 0.25) is 0 Å². The van der Waals surface area contributed by atoms with Crippen LogP contribution < -0.4 is 0 Å². The monoisotopic (exact) mass is 458 g/mol. The molecule has 7 heteroatoms. The number of nitrogens with one attached hydrogen (secondary N) is 1. The molecule has 0 fully saturated rings. The fourth-order valence-corrected chi connectivity index (χ4v) is 4.82. The van der Waals surface area contributed by atoms with Crippen molar-refractivity contribution in [3.8, 4) is 17.1 Å². The molecule has 33 heavy (non-hydrogen) atoms. The zero-order valence-corrected chi connectivity index (χ0v) is 20.2. The third-order valence-corrected chi connectivity index (χ3v) is 6.74. The smallest absolute Gasteiger partial charge is 0.196 e. The third-order valence-electron chi connectivity index (χ3n) is 5.81. The molecule has 1 N–H and O–H groups in total. The zero-order chi connectivity index (χ0) is 23.7. The van der Waals surface area contributed by atoms with Crippen molar-refractivity contribution in [3.63, 3.8) is 0 Å². The van der Waals surface area contributed by atoms with E-state index in [0.717, 1.165) is 22.8 Å². The van der Waals surface area contributed by atoms with Crippen LogP contribution in [0.3, 0.4) is 0 Å². The summed E-state index contributed by atoms with van der Waals surface area (Å²) in [5, 5.41) is 9.51. The van der Waals surface area contributed by atoms with Crippen LogP contribution in [0.5, 0.6) is 0 Å². The quantitative estimate of drug-likeness (QED) is 0.285. The van der Waals surface area contributed by atoms with Gasteiger partial charge in [-0.15, -0.1) is 10.2 Å². The van der Waals surface area contributed by atoms with Crippen LogP contribution in [0.1, 0.15) is 50.2 Å². The molecule has 0 saturated carbocycles. The van der Waals surface area contributed by atoms with Crippen molar-refractivity contribution in [2.75, 3.05) is 5.75 Å². The van der Waals surface area contributed by atoms with Gasteiger partial charge in [-0.1, -0.05) is 48.2 Å². The zero-order valence-electron chi connectivity index (χ0n) is 19.4. The van der Waals surface area contributed by atoms with Crippen LogP contribution >= 0.6 is 11.8 Å². The van der Waals surface area contributed by atoms with E-state index in [1.165, 1.54) is 29.8 Å². The van der Waals surface area contributed by atoms with Gasteiger partial charge in [0.25, 0.3) is 0 Å². The average Bonchev–Trinajstić information content (AvgIpc) is 3.35. The van der Waals surface area contributed by atoms with Crippen molar-refractivity contribution in [1.29, 1.82) is 0 Å². The number of rotatable bonds is 7. The Morgan fingerprint density at radius 1 is 0.970 bits per heavy atom. The number of nitrogens with zero attached hydrogens (tertiary/aromatic N) is 3. The fraction of sp³-hybridized carbons (Fsp3) is 0.231. The van der Waals surface area contributed by atoms with Crippen LogP contribution in [0, 0.1) is 27.7 Å². The van der Waals surface area contributed by atoms with E-state index in [9.17, 15) is 9.59 Å². The van der Waals surface area contributed by atoms with Gasteiger partial charge >= 0.3 is 0 Å². The van der Waals surface area contributed by atoms with Crippen molar-refractivity contribution >= 4 is 23.3 Å². The molecule has 2 aromatic carbocycles. The molecule has 0 aliphatic rings. The minimum atomic E-state index is -0.0796. The molecule has 0 saturated heterocycles. The number of aromatic nitrogens is 4. The van der Waals surface area contributed by atoms with E-state index in [4.69, 9.17) is 0 Å². The van der Waals surface area contributed by atoms with Gasteiger partial charge in [0.05, 0.1) is 17.1 Å². The van der Waals surface area contributed by atoms with Gasteiger partial charge in [-0.25, -0.2) is 0 Å². The third kappa shape index (κ3) is 4.41. The molecule has 4 rings (SSSR count). The number of aryl methyl sites for hydroxylation is 3. The first-order valence-electron chi connectivity index (χ1n) is 10.7. The second kappa shape index (κ2) is 9.19. The number of benzene rings is 2. The Morgan fingerprint density at radius 2 is 1.70 bits per heavy atom. The van der Waals surface area contributed by atoms with Gasteiger partial charge in [-0.3, -0.25) is 14.2 Å². The summed E-state index contributed by atoms with van der Waals surface area (Å²) in [5.74, 6) is 0.772. The molecule has 0 aliphatic heterocycles. The summed E-state index contributed by atoms with van der Waals surface area (Å²) in [6, 6.07) is 16.1. The lowest BCUT2D eigenvalue weighted by atomic mass is 10.1. The Hall–Kier alpha value is -3.45. The van der Waals surface area contributed by atoms with Crippen LogP contribution in [0.25, 0.3) is 17.1 Å². The molecule has 0 aliphatic carbocycles. The lowest BCUT2D eigenvalue weighted by Gasteiger charge is -2.12. The second-order valence-corrected chi connectivity index (χ2v) is 9.11. The van der Waals surface area contributed by atoms with Gasteiger partial charge in [0.1, 0.15) is 0 Å². The summed E-state index contributed by atoms with van der Waals surface area (Å²) >= 11 is 1.34. The first kappa shape index (κ1) is 22.7. The summed E-state index contributed by atoms with van der Waals surface area (Å²) in [7, 11) is 0. The Balaban J connectivity index is 1.69. The number of Topliss-reactive ketones (excluding diaryl/α,β-unsaturated/α-hetero) is 2. The maximum atomic E-state index is 13.0. The van der Waals surface area contributed by atoms with Crippen molar-refractivity contribution < 1.29 is 9.59 Å². The molecular formula is C26H26N4O2S. The molecule has 0 spiro atoms. The SMILES string of the molecule is CC(=O)c1c(C)[nH]c(C(=O)CSc2nnc(-c3ccccc3)n2-c2ccc(C)c(C)c2)c1C. The first-order valence-corrected chi connectivity index (χ1v) is 11.7. The van der Waals surface area contributed by atoms with E-state index in [-0.39, 0.29) is 17.3 Å². The Bertz CT molecular complexity index is 1350. The summed E-state index contributed by atoms with van der Waals surface area (Å²) in [5.41, 5.74) is 6.76. The average molecular weight is 459 g/mol. The summed E-state index contributed by atoms with van der Waals surface area (Å²) in [6.45, 7) is 9.29. The first-order chi connectivity index (χ1) is 15.8. The Kier molecular flexibility index (Phi) is 6.33. The number of thioether (sulfide) groups is 1. The lowest BCUT2D eigenvalue weighted by Crippen LogP contribution is -2.07. The number of ketones is 2. The van der Waals surface area contributed by atoms with Gasteiger partial charge in [0, 0.05) is 16.8 Å². The molecule has 0 radical (unpaired) electrons. The van der Waals surface area contributed by atoms with Gasteiger partial charge in [0.2, 0.25) is 0 Å². The molecule has 168 valence electrons. The summed E-state index contributed by atoms with van der Waals surface area (Å²) in [4.78, 5) is 28.1. The topological polar surface area (TPSA) is 80.6 Å². The van der Waals surface area contributed by atoms with Crippen LogP contribution in [-0.2, 0) is 0 Å². The maximum Gasteiger partial charge on any atom is 0.196 e. The maximum absolute atomic E-state index is 13.0. The molecule has 2 aromatic heterocycles. The highest BCUT2D eigenvalue weighted by Crippen LogP contribution is 2.30. The molecule has 2 heterocycles. The van der Waals surface area contributed by atoms with E-state index in [2.05, 4.69) is 41.2 Å². The minimum Gasteiger partial charge on any atom is -0.355 e. The van der Waals surface area contributed by atoms with Crippen molar-refractivity contribution in [2.45, 2.75) is 39.8 Å². The molecule has 0 atom stereocenters. The van der Waals surface area contributed by atoms with E-state index in [0.29, 0.717) is 22.0 Å². The number of carbonyl (C=O) groups excluding carboxylic acids is 2. The van der Waals surface area contributed by atoms with Crippen molar-refractivity contribution in [2.24, 2.45) is 0 Å². The van der Waals surface area contributed by atoms with Gasteiger partial charge in [0.15, 0.2) is 22.5 Å². The number of H-pyrrole nitrogens is 1. The minimum absolute atomic E-state index is 0.0464. The highest BCUT2D eigenvalue weighted by atomic mass is 32.2. The van der Waals surface area contributed by atoms with Crippen LogP contribution in [-0.4, -0.2) is 37.1 Å². The largest absolute Gasteiger partial charge is 0.355 e. The molecule has 0 unspecified atom stereocenters. The predicted octanol–water partition coefficient (Wildman–Crippen LogP) is 5.67. The second-order valence-electron chi connectivity index (χ2n) is 8.17. The highest BCUT2D eigenvalue weighted by Gasteiger charge is 2.22. The van der Waals surface area contributed by atoms with Gasteiger partial charge in [-0.05, 0) is 63.4 Å². The molecule has 4 aromatic rings.